The van der Waals surface area contributed by atoms with E-state index in [1.165, 1.54) is 38.5 Å². The molecule has 0 spiro atoms. The zero-order valence-corrected chi connectivity index (χ0v) is 21.3. The first-order valence-electron chi connectivity index (χ1n) is 11.4. The summed E-state index contributed by atoms with van der Waals surface area (Å²) in [6.07, 6.45) is 3.55. The minimum Gasteiger partial charge on any atom is -0.483 e. The number of carbonyl (C=O) groups is 1. The normalized spacial score (nSPS) is 14.6. The Labute approximate surface area is 204 Å². The van der Waals surface area contributed by atoms with Crippen molar-refractivity contribution < 1.29 is 14.3 Å². The highest BCUT2D eigenvalue weighted by atomic mass is 35.5. The molecule has 4 nitrogen and oxygen atoms in total. The van der Waals surface area contributed by atoms with Gasteiger partial charge in [-0.15, -0.1) is 0 Å². The fourth-order valence-electron chi connectivity index (χ4n) is 3.17. The number of hydrogen-bond donors (Lipinski definition) is 1. The molecule has 1 fully saturated rings. The molecular weight excluding hydrogens is 439 g/mol. The molecule has 1 aliphatic heterocycles. The largest absolute Gasteiger partial charge is 0.483 e. The van der Waals surface area contributed by atoms with Crippen LogP contribution in [0.4, 0.5) is 4.39 Å². The maximum absolute atomic E-state index is 12.6. The van der Waals surface area contributed by atoms with Gasteiger partial charge in [0.05, 0.1) is 10.6 Å². The van der Waals surface area contributed by atoms with Crippen LogP contribution in [0.2, 0.25) is 5.02 Å². The van der Waals surface area contributed by atoms with E-state index in [9.17, 15) is 4.39 Å². The summed E-state index contributed by atoms with van der Waals surface area (Å²) in [7, 11) is 0. The van der Waals surface area contributed by atoms with Gasteiger partial charge in [0.15, 0.2) is 0 Å². The van der Waals surface area contributed by atoms with Crippen LogP contribution < -0.4 is 0 Å². The van der Waals surface area contributed by atoms with Gasteiger partial charge in [0.25, 0.3) is 6.47 Å². The van der Waals surface area contributed by atoms with Crippen LogP contribution in [0, 0.1) is 35.9 Å². The third kappa shape index (κ3) is 14.4. The Kier molecular flexibility index (Phi) is 16.7. The van der Waals surface area contributed by atoms with Crippen molar-refractivity contribution in [2.75, 3.05) is 19.6 Å². The van der Waals surface area contributed by atoms with E-state index in [-0.39, 0.29) is 12.3 Å². The zero-order chi connectivity index (χ0) is 25.2. The first kappa shape index (κ1) is 30.6. The van der Waals surface area contributed by atoms with Gasteiger partial charge < -0.3 is 10.0 Å². The molecule has 0 bridgehead atoms. The summed E-state index contributed by atoms with van der Waals surface area (Å²) in [4.78, 5) is 11.0. The van der Waals surface area contributed by atoms with Crippen molar-refractivity contribution in [2.45, 2.75) is 53.9 Å². The van der Waals surface area contributed by atoms with Crippen molar-refractivity contribution in [3.05, 3.63) is 70.0 Å². The minimum atomic E-state index is -0.250. The lowest BCUT2D eigenvalue weighted by atomic mass is 10.1. The van der Waals surface area contributed by atoms with Crippen LogP contribution in [-0.4, -0.2) is 36.1 Å². The average Bonchev–Trinajstić information content (AvgIpc) is 3.19. The third-order valence-electron chi connectivity index (χ3n) is 5.11. The van der Waals surface area contributed by atoms with Crippen LogP contribution in [0.5, 0.6) is 0 Å². The van der Waals surface area contributed by atoms with Crippen LogP contribution in [0.3, 0.4) is 0 Å². The fraction of sp³-hybridized carbons (Fsp3) is 0.481. The number of nitrogens with zero attached hydrogens (tertiary/aromatic N) is 2. The Balaban J connectivity index is 0.000000440. The summed E-state index contributed by atoms with van der Waals surface area (Å²) in [5.41, 5.74) is 2.40. The summed E-state index contributed by atoms with van der Waals surface area (Å²) in [5.74, 6) is 1.72. The van der Waals surface area contributed by atoms with Gasteiger partial charge in [-0.1, -0.05) is 63.6 Å². The van der Waals surface area contributed by atoms with Crippen molar-refractivity contribution in [3.8, 4) is 6.07 Å². The maximum Gasteiger partial charge on any atom is 0.290 e. The molecule has 1 aliphatic rings. The predicted octanol–water partition coefficient (Wildman–Crippen LogP) is 6.98. The molecule has 2 aromatic rings. The summed E-state index contributed by atoms with van der Waals surface area (Å²) < 4.78 is 12.6. The highest BCUT2D eigenvalue weighted by Gasteiger charge is 2.17. The molecular formula is C27H38ClFN2O2. The highest BCUT2D eigenvalue weighted by Crippen LogP contribution is 2.16. The second-order valence-electron chi connectivity index (χ2n) is 8.52. The predicted molar refractivity (Wildman–Crippen MR) is 135 cm³/mol. The molecule has 182 valence electrons. The average molecular weight is 477 g/mol. The van der Waals surface area contributed by atoms with E-state index in [0.717, 1.165) is 29.4 Å². The van der Waals surface area contributed by atoms with Gasteiger partial charge in [-0.25, -0.2) is 4.39 Å². The number of halogens is 2. The second-order valence-corrected chi connectivity index (χ2v) is 8.93. The number of nitriles is 1. The Morgan fingerprint density at radius 3 is 2.36 bits per heavy atom. The molecule has 0 aromatic heterocycles. The van der Waals surface area contributed by atoms with E-state index < -0.39 is 0 Å². The number of hydrogen-bond acceptors (Lipinski definition) is 3. The molecule has 0 amide bonds. The van der Waals surface area contributed by atoms with Gasteiger partial charge in [0.2, 0.25) is 0 Å². The standard InChI is InChI=1S/C10H21N.C8H6ClN.C8H9F.CH2O2/c1-9(2)4-6-11-7-5-10(3)8-11;1-6-2-3-7(5-10)8(9)4-6;1-2-7-5-3-4-6-8(7)9;2-1-3/h9-10H,4-8H2,1-3H3;2-4H,1H3;3-6H,2H2,1H3;1H,(H,2,3). The number of likely N-dealkylation sites (tertiary alicyclic amines) is 1. The zero-order valence-electron chi connectivity index (χ0n) is 20.5. The molecule has 6 heteroatoms. The molecule has 1 saturated heterocycles. The monoisotopic (exact) mass is 476 g/mol. The van der Waals surface area contributed by atoms with Crippen molar-refractivity contribution in [3.63, 3.8) is 0 Å². The number of benzene rings is 2. The van der Waals surface area contributed by atoms with Crippen LogP contribution >= 0.6 is 11.6 Å². The molecule has 1 heterocycles. The molecule has 0 radical (unpaired) electrons. The van der Waals surface area contributed by atoms with E-state index in [4.69, 9.17) is 26.8 Å². The lowest BCUT2D eigenvalue weighted by Crippen LogP contribution is -2.22. The van der Waals surface area contributed by atoms with Crippen molar-refractivity contribution >= 4 is 18.1 Å². The van der Waals surface area contributed by atoms with Gasteiger partial charge in [-0.05, 0) is 80.4 Å². The lowest BCUT2D eigenvalue weighted by Gasteiger charge is -2.16. The van der Waals surface area contributed by atoms with E-state index in [0.29, 0.717) is 10.6 Å². The van der Waals surface area contributed by atoms with E-state index in [2.05, 4.69) is 25.7 Å². The maximum atomic E-state index is 12.6. The third-order valence-corrected chi connectivity index (χ3v) is 5.43. The topological polar surface area (TPSA) is 64.3 Å². The van der Waals surface area contributed by atoms with Gasteiger partial charge in [-0.2, -0.15) is 5.26 Å². The number of rotatable bonds is 4. The summed E-state index contributed by atoms with van der Waals surface area (Å²) >= 11 is 5.71. The molecule has 1 atom stereocenters. The Bertz CT molecular complexity index is 852. The van der Waals surface area contributed by atoms with Gasteiger partial charge in [-0.3, -0.25) is 4.79 Å². The summed E-state index contributed by atoms with van der Waals surface area (Å²) in [5, 5.41) is 15.9. The molecule has 0 aliphatic carbocycles. The van der Waals surface area contributed by atoms with Gasteiger partial charge in [0.1, 0.15) is 11.9 Å². The number of carboxylic acid groups (broad SMARTS) is 1. The van der Waals surface area contributed by atoms with Gasteiger partial charge in [0, 0.05) is 6.54 Å². The smallest absolute Gasteiger partial charge is 0.290 e. The lowest BCUT2D eigenvalue weighted by molar-refractivity contribution is -0.122. The van der Waals surface area contributed by atoms with Crippen LogP contribution in [0.15, 0.2) is 42.5 Å². The summed E-state index contributed by atoms with van der Waals surface area (Å²) in [6, 6.07) is 14.2. The van der Waals surface area contributed by atoms with Crippen molar-refractivity contribution in [1.29, 1.82) is 5.26 Å². The Morgan fingerprint density at radius 1 is 1.30 bits per heavy atom. The van der Waals surface area contributed by atoms with E-state index in [1.54, 1.807) is 24.3 Å². The number of aryl methyl sites for hydroxylation is 2. The molecule has 33 heavy (non-hydrogen) atoms. The molecule has 0 saturated carbocycles. The van der Waals surface area contributed by atoms with Gasteiger partial charge >= 0.3 is 0 Å². The Morgan fingerprint density at radius 2 is 1.94 bits per heavy atom. The summed E-state index contributed by atoms with van der Waals surface area (Å²) in [6.45, 7) is 14.6. The molecule has 1 N–H and O–H groups in total. The van der Waals surface area contributed by atoms with Crippen LogP contribution in [0.1, 0.15) is 57.2 Å². The quantitative estimate of drug-likeness (QED) is 0.483. The SMILES string of the molecule is CC(C)CCN1CCC(C)C1.CCc1ccccc1F.Cc1ccc(C#N)c(Cl)c1.O=CO. The van der Waals surface area contributed by atoms with Crippen LogP contribution in [0.25, 0.3) is 0 Å². The minimum absolute atomic E-state index is 0.0972. The van der Waals surface area contributed by atoms with E-state index >= 15 is 0 Å². The molecule has 3 rings (SSSR count). The van der Waals surface area contributed by atoms with Crippen molar-refractivity contribution in [2.24, 2.45) is 11.8 Å². The first-order chi connectivity index (χ1) is 15.7. The Hall–Kier alpha value is -2.42. The van der Waals surface area contributed by atoms with Crippen molar-refractivity contribution in [1.82, 2.24) is 4.90 Å². The molecule has 1 unspecified atom stereocenters. The highest BCUT2D eigenvalue weighted by molar-refractivity contribution is 6.31. The fourth-order valence-corrected chi connectivity index (χ4v) is 3.44. The molecule has 2 aromatic carbocycles. The van der Waals surface area contributed by atoms with Crippen LogP contribution in [-0.2, 0) is 11.2 Å². The first-order valence-corrected chi connectivity index (χ1v) is 11.8. The van der Waals surface area contributed by atoms with E-state index in [1.807, 2.05) is 32.0 Å². The second kappa shape index (κ2) is 18.1.